The van der Waals surface area contributed by atoms with Gasteiger partial charge in [0.25, 0.3) is 0 Å². The van der Waals surface area contributed by atoms with E-state index < -0.39 is 0 Å². The molecular formula is C12H14O3S. The minimum absolute atomic E-state index is 0.0821. The molecule has 16 heavy (non-hydrogen) atoms. The molecule has 0 spiro atoms. The third-order valence-electron chi connectivity index (χ3n) is 2.27. The maximum absolute atomic E-state index is 11.0. The van der Waals surface area contributed by atoms with Gasteiger partial charge in [-0.15, -0.1) is 0 Å². The van der Waals surface area contributed by atoms with E-state index in [1.807, 2.05) is 30.3 Å². The Morgan fingerprint density at radius 1 is 1.38 bits per heavy atom. The summed E-state index contributed by atoms with van der Waals surface area (Å²) in [5.74, 6) is 0. The predicted octanol–water partition coefficient (Wildman–Crippen LogP) is 2.73. The summed E-state index contributed by atoms with van der Waals surface area (Å²) in [5, 5.41) is 0.0821. The average Bonchev–Trinajstić information content (AvgIpc) is 2.30. The van der Waals surface area contributed by atoms with E-state index in [0.29, 0.717) is 6.61 Å². The second-order valence-corrected chi connectivity index (χ2v) is 4.91. The zero-order valence-electron chi connectivity index (χ0n) is 9.09. The number of rotatable bonds is 2. The third-order valence-corrected chi connectivity index (χ3v) is 3.21. The molecule has 1 aliphatic heterocycles. The fourth-order valence-electron chi connectivity index (χ4n) is 1.57. The van der Waals surface area contributed by atoms with Gasteiger partial charge < -0.3 is 9.47 Å². The van der Waals surface area contributed by atoms with Crippen LogP contribution >= 0.6 is 11.8 Å². The maximum atomic E-state index is 11.0. The molecule has 3 nitrogen and oxygen atoms in total. The highest BCUT2D eigenvalue weighted by molar-refractivity contribution is 8.13. The van der Waals surface area contributed by atoms with Crippen molar-refractivity contribution in [1.29, 1.82) is 0 Å². The van der Waals surface area contributed by atoms with Crippen LogP contribution in [0.3, 0.4) is 0 Å². The molecule has 1 aromatic rings. The summed E-state index contributed by atoms with van der Waals surface area (Å²) in [6.45, 7) is 2.19. The standard InChI is InChI=1S/C12H14O3S/c1-9(13)16-11-7-8-14-12(15-11)10-5-3-2-4-6-10/h2-6,11-12H,7-8H2,1H3. The van der Waals surface area contributed by atoms with E-state index in [1.165, 1.54) is 11.8 Å². The van der Waals surface area contributed by atoms with Gasteiger partial charge in [0.15, 0.2) is 11.4 Å². The fourth-order valence-corrected chi connectivity index (χ4v) is 2.31. The summed E-state index contributed by atoms with van der Waals surface area (Å²) in [6.07, 6.45) is 0.417. The van der Waals surface area contributed by atoms with E-state index in [-0.39, 0.29) is 16.8 Å². The maximum Gasteiger partial charge on any atom is 0.188 e. The molecule has 1 heterocycles. The van der Waals surface area contributed by atoms with Crippen molar-refractivity contribution in [1.82, 2.24) is 0 Å². The molecule has 2 unspecified atom stereocenters. The van der Waals surface area contributed by atoms with Gasteiger partial charge in [0.05, 0.1) is 6.61 Å². The molecular weight excluding hydrogens is 224 g/mol. The highest BCUT2D eigenvalue weighted by Gasteiger charge is 2.25. The molecule has 0 amide bonds. The molecule has 0 bridgehead atoms. The van der Waals surface area contributed by atoms with Crippen molar-refractivity contribution in [2.24, 2.45) is 0 Å². The quantitative estimate of drug-likeness (QED) is 0.793. The Hall–Kier alpha value is -0.840. The molecule has 1 aliphatic rings. The summed E-state index contributed by atoms with van der Waals surface area (Å²) in [7, 11) is 0. The highest BCUT2D eigenvalue weighted by atomic mass is 32.2. The van der Waals surface area contributed by atoms with Crippen molar-refractivity contribution in [2.45, 2.75) is 25.1 Å². The number of benzene rings is 1. The van der Waals surface area contributed by atoms with Gasteiger partial charge in [-0.25, -0.2) is 0 Å². The van der Waals surface area contributed by atoms with Gasteiger partial charge in [0, 0.05) is 18.9 Å². The Labute approximate surface area is 99.1 Å². The van der Waals surface area contributed by atoms with E-state index >= 15 is 0 Å². The zero-order chi connectivity index (χ0) is 11.4. The summed E-state index contributed by atoms with van der Waals surface area (Å²) < 4.78 is 11.2. The van der Waals surface area contributed by atoms with Crippen LogP contribution in [0.5, 0.6) is 0 Å². The number of carbonyl (C=O) groups excluding carboxylic acids is 1. The summed E-state index contributed by atoms with van der Waals surface area (Å²) in [6, 6.07) is 9.78. The number of thioether (sulfide) groups is 1. The summed E-state index contributed by atoms with van der Waals surface area (Å²) in [4.78, 5) is 11.0. The van der Waals surface area contributed by atoms with Crippen molar-refractivity contribution in [3.05, 3.63) is 35.9 Å². The molecule has 86 valence electrons. The van der Waals surface area contributed by atoms with Crippen LogP contribution in [0.1, 0.15) is 25.2 Å². The fraction of sp³-hybridized carbons (Fsp3) is 0.417. The van der Waals surface area contributed by atoms with E-state index in [4.69, 9.17) is 9.47 Å². The normalized spacial score (nSPS) is 25.3. The lowest BCUT2D eigenvalue weighted by molar-refractivity contribution is -0.193. The van der Waals surface area contributed by atoms with Crippen molar-refractivity contribution in [3.63, 3.8) is 0 Å². The second kappa shape index (κ2) is 5.48. The van der Waals surface area contributed by atoms with Crippen LogP contribution in [0.15, 0.2) is 30.3 Å². The average molecular weight is 238 g/mol. The Morgan fingerprint density at radius 2 is 2.12 bits per heavy atom. The van der Waals surface area contributed by atoms with Crippen molar-refractivity contribution < 1.29 is 14.3 Å². The minimum atomic E-state index is -0.341. The van der Waals surface area contributed by atoms with E-state index in [2.05, 4.69) is 0 Å². The van der Waals surface area contributed by atoms with Crippen LogP contribution in [0.25, 0.3) is 0 Å². The molecule has 0 aliphatic carbocycles. The highest BCUT2D eigenvalue weighted by Crippen LogP contribution is 2.31. The molecule has 0 radical (unpaired) electrons. The molecule has 1 fully saturated rings. The van der Waals surface area contributed by atoms with Gasteiger partial charge in [-0.1, -0.05) is 42.1 Å². The molecule has 1 aromatic carbocycles. The summed E-state index contributed by atoms with van der Waals surface area (Å²) in [5.41, 5.74) is 0.910. The van der Waals surface area contributed by atoms with Gasteiger partial charge in [-0.05, 0) is 0 Å². The molecule has 0 aromatic heterocycles. The number of ether oxygens (including phenoxy) is 2. The minimum Gasteiger partial charge on any atom is -0.348 e. The van der Waals surface area contributed by atoms with E-state index in [0.717, 1.165) is 12.0 Å². The van der Waals surface area contributed by atoms with Crippen LogP contribution in [0.4, 0.5) is 0 Å². The van der Waals surface area contributed by atoms with Gasteiger partial charge >= 0.3 is 0 Å². The Morgan fingerprint density at radius 3 is 2.81 bits per heavy atom. The van der Waals surface area contributed by atoms with Gasteiger partial charge in [-0.3, -0.25) is 4.79 Å². The summed E-state index contributed by atoms with van der Waals surface area (Å²) >= 11 is 1.23. The zero-order valence-corrected chi connectivity index (χ0v) is 9.91. The smallest absolute Gasteiger partial charge is 0.188 e. The third kappa shape index (κ3) is 3.07. The monoisotopic (exact) mass is 238 g/mol. The first kappa shape index (κ1) is 11.6. The first-order valence-corrected chi connectivity index (χ1v) is 6.13. The topological polar surface area (TPSA) is 35.5 Å². The molecule has 0 N–H and O–H groups in total. The molecule has 4 heteroatoms. The SMILES string of the molecule is CC(=O)SC1CCOC(c2ccccc2)O1. The largest absolute Gasteiger partial charge is 0.348 e. The molecule has 2 atom stereocenters. The van der Waals surface area contributed by atoms with Crippen LogP contribution in [0, 0.1) is 0 Å². The van der Waals surface area contributed by atoms with Crippen LogP contribution in [0.2, 0.25) is 0 Å². The number of hydrogen-bond donors (Lipinski definition) is 0. The Kier molecular flexibility index (Phi) is 3.98. The lowest BCUT2D eigenvalue weighted by Crippen LogP contribution is -2.25. The van der Waals surface area contributed by atoms with Crippen LogP contribution < -0.4 is 0 Å². The predicted molar refractivity (Wildman–Crippen MR) is 62.9 cm³/mol. The van der Waals surface area contributed by atoms with Crippen LogP contribution in [-0.2, 0) is 14.3 Å². The first-order valence-electron chi connectivity index (χ1n) is 5.25. The lowest BCUT2D eigenvalue weighted by atomic mass is 10.2. The van der Waals surface area contributed by atoms with Crippen molar-refractivity contribution >= 4 is 16.9 Å². The Bertz CT molecular complexity index is 353. The number of carbonyl (C=O) groups is 1. The van der Waals surface area contributed by atoms with E-state index in [9.17, 15) is 4.79 Å². The van der Waals surface area contributed by atoms with Crippen molar-refractivity contribution in [2.75, 3.05) is 6.61 Å². The molecule has 2 rings (SSSR count). The second-order valence-electron chi connectivity index (χ2n) is 3.58. The van der Waals surface area contributed by atoms with E-state index in [1.54, 1.807) is 6.92 Å². The molecule has 0 saturated carbocycles. The molecule has 1 saturated heterocycles. The Balaban J connectivity index is 1.99. The van der Waals surface area contributed by atoms with Gasteiger partial charge in [0.1, 0.15) is 5.44 Å². The van der Waals surface area contributed by atoms with Crippen molar-refractivity contribution in [3.8, 4) is 0 Å². The lowest BCUT2D eigenvalue weighted by Gasteiger charge is -2.29. The van der Waals surface area contributed by atoms with Crippen LogP contribution in [-0.4, -0.2) is 17.2 Å². The first-order chi connectivity index (χ1) is 7.75. The van der Waals surface area contributed by atoms with Gasteiger partial charge in [0.2, 0.25) is 0 Å². The number of hydrogen-bond acceptors (Lipinski definition) is 4. The van der Waals surface area contributed by atoms with Gasteiger partial charge in [-0.2, -0.15) is 0 Å².